The summed E-state index contributed by atoms with van der Waals surface area (Å²) in [6.45, 7) is 9.19. The summed E-state index contributed by atoms with van der Waals surface area (Å²) in [6.07, 6.45) is 12.1. The molecule has 0 bridgehead atoms. The normalized spacial score (nSPS) is 21.2. The van der Waals surface area contributed by atoms with E-state index in [9.17, 15) is 9.59 Å². The van der Waals surface area contributed by atoms with Gasteiger partial charge in [-0.2, -0.15) is 0 Å². The van der Waals surface area contributed by atoms with Crippen LogP contribution in [0.5, 0.6) is 0 Å². The predicted octanol–water partition coefficient (Wildman–Crippen LogP) is 3.95. The zero-order valence-corrected chi connectivity index (χ0v) is 21.9. The van der Waals surface area contributed by atoms with Crippen LogP contribution in [-0.4, -0.2) is 84.9 Å². The number of hydrogen-bond donors (Lipinski definition) is 1. The van der Waals surface area contributed by atoms with Crippen LogP contribution in [0.3, 0.4) is 0 Å². The van der Waals surface area contributed by atoms with Crippen molar-refractivity contribution < 1.29 is 9.59 Å². The van der Waals surface area contributed by atoms with Crippen molar-refractivity contribution >= 4 is 11.8 Å². The lowest BCUT2D eigenvalue weighted by Crippen LogP contribution is -2.58. The van der Waals surface area contributed by atoms with E-state index in [4.69, 9.17) is 0 Å². The maximum absolute atomic E-state index is 13.4. The number of unbranched alkanes of at least 4 members (excludes halogenated alkanes) is 1. The molecule has 3 aliphatic rings. The molecular formula is C29H46N4O2. The topological polar surface area (TPSA) is 55.9 Å². The van der Waals surface area contributed by atoms with E-state index >= 15 is 0 Å². The molecule has 35 heavy (non-hydrogen) atoms. The molecule has 1 aliphatic carbocycles. The van der Waals surface area contributed by atoms with Gasteiger partial charge in [0.05, 0.1) is 6.04 Å². The minimum Gasteiger partial charge on any atom is -0.353 e. The summed E-state index contributed by atoms with van der Waals surface area (Å²) in [6, 6.07) is 8.12. The number of likely N-dealkylation sites (tertiary alicyclic amines) is 1. The van der Waals surface area contributed by atoms with Gasteiger partial charge in [-0.05, 0) is 75.2 Å². The van der Waals surface area contributed by atoms with Crippen LogP contribution in [0.1, 0.15) is 80.6 Å². The molecule has 2 aliphatic heterocycles. The predicted molar refractivity (Wildman–Crippen MR) is 142 cm³/mol. The van der Waals surface area contributed by atoms with Crippen LogP contribution in [-0.2, 0) is 11.2 Å². The number of aryl methyl sites for hydroxylation is 1. The van der Waals surface area contributed by atoms with E-state index in [1.165, 1.54) is 63.6 Å². The summed E-state index contributed by atoms with van der Waals surface area (Å²) in [5.41, 5.74) is 2.08. The molecule has 6 nitrogen and oxygen atoms in total. The molecule has 0 spiro atoms. The van der Waals surface area contributed by atoms with Gasteiger partial charge < -0.3 is 15.1 Å². The Morgan fingerprint density at radius 1 is 0.914 bits per heavy atom. The first-order chi connectivity index (χ1) is 17.2. The number of carbonyl (C=O) groups is 2. The number of nitrogens with one attached hydrogen (secondary N) is 1. The summed E-state index contributed by atoms with van der Waals surface area (Å²) in [4.78, 5) is 33.3. The van der Waals surface area contributed by atoms with E-state index in [1.807, 2.05) is 17.0 Å². The highest BCUT2D eigenvalue weighted by Crippen LogP contribution is 2.31. The highest BCUT2D eigenvalue weighted by molar-refractivity contribution is 5.94. The van der Waals surface area contributed by atoms with Gasteiger partial charge in [0.1, 0.15) is 0 Å². The maximum atomic E-state index is 13.4. The van der Waals surface area contributed by atoms with Crippen LogP contribution in [0.25, 0.3) is 0 Å². The Kier molecular flexibility index (Phi) is 10.0. The zero-order valence-electron chi connectivity index (χ0n) is 21.9. The SMILES string of the molecule is CCCCc1ccc(C(=O)N2CCN([C@H](C(=O)NCCN3CCCCC3)C3CCCC3)CC2)cc1. The van der Waals surface area contributed by atoms with Gasteiger partial charge in [0.25, 0.3) is 5.91 Å². The van der Waals surface area contributed by atoms with Crippen LogP contribution in [0.2, 0.25) is 0 Å². The fourth-order valence-corrected chi connectivity index (χ4v) is 6.16. The molecule has 1 aromatic carbocycles. The Balaban J connectivity index is 1.29. The van der Waals surface area contributed by atoms with Crippen LogP contribution >= 0.6 is 0 Å². The Hall–Kier alpha value is -1.92. The number of rotatable bonds is 10. The standard InChI is InChI=1S/C29H46N4O2/c1-2-3-9-24-12-14-26(15-13-24)29(35)33-22-20-32(21-23-33)27(25-10-5-6-11-25)28(34)30-16-19-31-17-7-4-8-18-31/h12-15,25,27H,2-11,16-23H2,1H3,(H,30,34)/t27-/m0/s1. The number of piperazine rings is 1. The van der Waals surface area contributed by atoms with Gasteiger partial charge in [-0.3, -0.25) is 14.5 Å². The second kappa shape index (κ2) is 13.4. The molecule has 1 aromatic rings. The molecule has 0 radical (unpaired) electrons. The largest absolute Gasteiger partial charge is 0.353 e. The highest BCUT2D eigenvalue weighted by atomic mass is 16.2. The third kappa shape index (κ3) is 7.29. The maximum Gasteiger partial charge on any atom is 0.253 e. The molecule has 4 rings (SSSR count). The fourth-order valence-electron chi connectivity index (χ4n) is 6.16. The molecule has 1 saturated carbocycles. The zero-order chi connectivity index (χ0) is 24.5. The van der Waals surface area contributed by atoms with E-state index in [0.29, 0.717) is 19.0 Å². The van der Waals surface area contributed by atoms with Gasteiger partial charge in [-0.1, -0.05) is 44.7 Å². The lowest BCUT2D eigenvalue weighted by molar-refractivity contribution is -0.129. The molecule has 2 saturated heterocycles. The average Bonchev–Trinajstić information content (AvgIpc) is 3.43. The van der Waals surface area contributed by atoms with Crippen LogP contribution in [0.15, 0.2) is 24.3 Å². The van der Waals surface area contributed by atoms with Gasteiger partial charge in [0.2, 0.25) is 5.91 Å². The van der Waals surface area contributed by atoms with Gasteiger partial charge in [0, 0.05) is 44.8 Å². The monoisotopic (exact) mass is 482 g/mol. The first-order valence-corrected chi connectivity index (χ1v) is 14.3. The van der Waals surface area contributed by atoms with E-state index in [0.717, 1.165) is 51.0 Å². The van der Waals surface area contributed by atoms with Crippen molar-refractivity contribution in [1.82, 2.24) is 20.0 Å². The molecule has 2 amide bonds. The molecule has 0 unspecified atom stereocenters. The van der Waals surface area contributed by atoms with Gasteiger partial charge in [0.15, 0.2) is 0 Å². The van der Waals surface area contributed by atoms with Crippen LogP contribution in [0.4, 0.5) is 0 Å². The minimum atomic E-state index is -0.0473. The summed E-state index contributed by atoms with van der Waals surface area (Å²) >= 11 is 0. The summed E-state index contributed by atoms with van der Waals surface area (Å²) in [7, 11) is 0. The summed E-state index contributed by atoms with van der Waals surface area (Å²) < 4.78 is 0. The van der Waals surface area contributed by atoms with E-state index < -0.39 is 0 Å². The number of nitrogens with zero attached hydrogens (tertiary/aromatic N) is 3. The number of piperidine rings is 1. The first-order valence-electron chi connectivity index (χ1n) is 14.3. The number of carbonyl (C=O) groups excluding carboxylic acids is 2. The van der Waals surface area contributed by atoms with Gasteiger partial charge >= 0.3 is 0 Å². The Labute approximate surface area is 212 Å². The third-order valence-electron chi connectivity index (χ3n) is 8.31. The van der Waals surface area contributed by atoms with E-state index in [-0.39, 0.29) is 17.9 Å². The molecule has 0 aromatic heterocycles. The highest BCUT2D eigenvalue weighted by Gasteiger charge is 2.37. The number of benzene rings is 1. The van der Waals surface area contributed by atoms with E-state index in [2.05, 4.69) is 34.2 Å². The smallest absolute Gasteiger partial charge is 0.253 e. The van der Waals surface area contributed by atoms with Crippen molar-refractivity contribution in [2.24, 2.45) is 5.92 Å². The average molecular weight is 483 g/mol. The van der Waals surface area contributed by atoms with Crippen molar-refractivity contribution in [1.29, 1.82) is 0 Å². The third-order valence-corrected chi connectivity index (χ3v) is 8.31. The lowest BCUT2D eigenvalue weighted by Gasteiger charge is -2.41. The van der Waals surface area contributed by atoms with Crippen LogP contribution < -0.4 is 5.32 Å². The van der Waals surface area contributed by atoms with E-state index in [1.54, 1.807) is 0 Å². The van der Waals surface area contributed by atoms with Crippen molar-refractivity contribution in [2.45, 2.75) is 77.2 Å². The molecule has 1 N–H and O–H groups in total. The lowest BCUT2D eigenvalue weighted by atomic mass is 9.95. The molecule has 194 valence electrons. The number of amides is 2. The van der Waals surface area contributed by atoms with Crippen molar-refractivity contribution in [3.8, 4) is 0 Å². The second-order valence-corrected chi connectivity index (χ2v) is 10.8. The Morgan fingerprint density at radius 3 is 2.26 bits per heavy atom. The van der Waals surface area contributed by atoms with Crippen molar-refractivity contribution in [3.05, 3.63) is 35.4 Å². The summed E-state index contributed by atoms with van der Waals surface area (Å²) in [5.74, 6) is 0.773. The molecule has 2 heterocycles. The molecule has 6 heteroatoms. The quantitative estimate of drug-likeness (QED) is 0.549. The van der Waals surface area contributed by atoms with Crippen molar-refractivity contribution in [3.63, 3.8) is 0 Å². The van der Waals surface area contributed by atoms with Gasteiger partial charge in [-0.15, -0.1) is 0 Å². The molecule has 3 fully saturated rings. The minimum absolute atomic E-state index is 0.0473. The fraction of sp³-hybridized carbons (Fsp3) is 0.724. The number of hydrogen-bond acceptors (Lipinski definition) is 4. The molecular weight excluding hydrogens is 436 g/mol. The van der Waals surface area contributed by atoms with Gasteiger partial charge in [-0.25, -0.2) is 0 Å². The Morgan fingerprint density at radius 2 is 1.60 bits per heavy atom. The van der Waals surface area contributed by atoms with Crippen molar-refractivity contribution in [2.75, 3.05) is 52.4 Å². The second-order valence-electron chi connectivity index (χ2n) is 10.8. The van der Waals surface area contributed by atoms with Crippen LogP contribution in [0, 0.1) is 5.92 Å². The Bertz CT molecular complexity index is 791. The first kappa shape index (κ1) is 26.2. The molecule has 1 atom stereocenters. The summed E-state index contributed by atoms with van der Waals surface area (Å²) in [5, 5.41) is 3.28.